The van der Waals surface area contributed by atoms with Crippen LogP contribution >= 0.6 is 31.9 Å². The van der Waals surface area contributed by atoms with Gasteiger partial charge in [-0.2, -0.15) is 0 Å². The van der Waals surface area contributed by atoms with Crippen LogP contribution in [0.25, 0.3) is 0 Å². The van der Waals surface area contributed by atoms with Crippen molar-refractivity contribution >= 4 is 37.8 Å². The molecule has 104 valence electrons. The van der Waals surface area contributed by atoms with Crippen LogP contribution in [-0.2, 0) is 0 Å². The van der Waals surface area contributed by atoms with Crippen molar-refractivity contribution in [3.8, 4) is 0 Å². The SMILES string of the molecule is O=C(c1ccc(Br)c(F)c1)N1CCCC1CCCBr. The molecule has 1 atom stereocenters. The Morgan fingerprint density at radius 1 is 1.47 bits per heavy atom. The number of likely N-dealkylation sites (tertiary alicyclic amines) is 1. The first kappa shape index (κ1) is 15.0. The smallest absolute Gasteiger partial charge is 0.254 e. The quantitative estimate of drug-likeness (QED) is 0.696. The Labute approximate surface area is 129 Å². The fourth-order valence-electron chi connectivity index (χ4n) is 2.51. The van der Waals surface area contributed by atoms with Gasteiger partial charge in [-0.15, -0.1) is 0 Å². The zero-order valence-electron chi connectivity index (χ0n) is 10.5. The number of rotatable bonds is 4. The van der Waals surface area contributed by atoms with Crippen LogP contribution in [0.4, 0.5) is 4.39 Å². The molecular weight excluding hydrogens is 377 g/mol. The summed E-state index contributed by atoms with van der Waals surface area (Å²) in [6.45, 7) is 0.781. The molecule has 2 rings (SSSR count). The minimum absolute atomic E-state index is 0.0523. The molecule has 0 bridgehead atoms. The van der Waals surface area contributed by atoms with E-state index in [0.717, 1.165) is 37.6 Å². The normalized spacial score (nSPS) is 18.9. The van der Waals surface area contributed by atoms with Crippen LogP contribution in [0.15, 0.2) is 22.7 Å². The van der Waals surface area contributed by atoms with Crippen LogP contribution in [0.3, 0.4) is 0 Å². The van der Waals surface area contributed by atoms with Crippen LogP contribution in [0, 0.1) is 5.82 Å². The predicted molar refractivity (Wildman–Crippen MR) is 81.2 cm³/mol. The summed E-state index contributed by atoms with van der Waals surface area (Å²) in [5.74, 6) is -0.439. The second-order valence-corrected chi connectivity index (χ2v) is 6.40. The molecule has 0 aliphatic carbocycles. The number of hydrogen-bond donors (Lipinski definition) is 0. The Kier molecular flexibility index (Phi) is 5.39. The monoisotopic (exact) mass is 391 g/mol. The van der Waals surface area contributed by atoms with E-state index in [1.807, 2.05) is 4.90 Å². The van der Waals surface area contributed by atoms with Crippen LogP contribution < -0.4 is 0 Å². The number of benzene rings is 1. The molecule has 2 nitrogen and oxygen atoms in total. The second-order valence-electron chi connectivity index (χ2n) is 4.75. The molecule has 0 radical (unpaired) electrons. The first-order valence-corrected chi connectivity index (χ1v) is 8.37. The topological polar surface area (TPSA) is 20.3 Å². The summed E-state index contributed by atoms with van der Waals surface area (Å²) >= 11 is 6.52. The summed E-state index contributed by atoms with van der Waals surface area (Å²) in [7, 11) is 0. The number of nitrogens with zero attached hydrogens (tertiary/aromatic N) is 1. The number of carbonyl (C=O) groups is 1. The van der Waals surface area contributed by atoms with Crippen molar-refractivity contribution in [3.05, 3.63) is 34.1 Å². The maximum atomic E-state index is 13.5. The molecule has 1 fully saturated rings. The molecule has 0 spiro atoms. The van der Waals surface area contributed by atoms with Gasteiger partial charge in [0.25, 0.3) is 5.91 Å². The van der Waals surface area contributed by atoms with E-state index in [-0.39, 0.29) is 11.7 Å². The fraction of sp³-hybridized carbons (Fsp3) is 0.500. The molecule has 1 unspecified atom stereocenters. The van der Waals surface area contributed by atoms with Crippen LogP contribution in [0.5, 0.6) is 0 Å². The number of halogens is 3. The molecule has 1 heterocycles. The molecule has 1 aromatic carbocycles. The lowest BCUT2D eigenvalue weighted by Crippen LogP contribution is -2.35. The zero-order chi connectivity index (χ0) is 13.8. The summed E-state index contributed by atoms with van der Waals surface area (Å²) < 4.78 is 13.9. The maximum absolute atomic E-state index is 13.5. The number of hydrogen-bond acceptors (Lipinski definition) is 1. The molecule has 19 heavy (non-hydrogen) atoms. The molecule has 1 aliphatic heterocycles. The molecule has 0 aromatic heterocycles. The van der Waals surface area contributed by atoms with E-state index < -0.39 is 0 Å². The third kappa shape index (κ3) is 3.57. The van der Waals surface area contributed by atoms with Crippen molar-refractivity contribution in [1.82, 2.24) is 4.90 Å². The van der Waals surface area contributed by atoms with Gasteiger partial charge in [-0.3, -0.25) is 4.79 Å². The van der Waals surface area contributed by atoms with Gasteiger partial charge in [0, 0.05) is 23.5 Å². The van der Waals surface area contributed by atoms with Gasteiger partial charge >= 0.3 is 0 Å². The molecule has 1 amide bonds. The Bertz CT molecular complexity index is 467. The van der Waals surface area contributed by atoms with Crippen molar-refractivity contribution < 1.29 is 9.18 Å². The van der Waals surface area contributed by atoms with Crippen molar-refractivity contribution in [1.29, 1.82) is 0 Å². The third-order valence-corrected chi connectivity index (χ3v) is 4.68. The summed E-state index contributed by atoms with van der Waals surface area (Å²) in [4.78, 5) is 14.3. The summed E-state index contributed by atoms with van der Waals surface area (Å²) in [6.07, 6.45) is 4.16. The molecule has 0 N–H and O–H groups in total. The van der Waals surface area contributed by atoms with E-state index in [4.69, 9.17) is 0 Å². The van der Waals surface area contributed by atoms with Gasteiger partial charge < -0.3 is 4.90 Å². The highest BCUT2D eigenvalue weighted by Crippen LogP contribution is 2.25. The average molecular weight is 393 g/mol. The Morgan fingerprint density at radius 3 is 2.95 bits per heavy atom. The zero-order valence-corrected chi connectivity index (χ0v) is 13.7. The molecular formula is C14H16Br2FNO. The number of carbonyl (C=O) groups excluding carboxylic acids is 1. The lowest BCUT2D eigenvalue weighted by molar-refractivity contribution is 0.0729. The maximum Gasteiger partial charge on any atom is 0.254 e. The van der Waals surface area contributed by atoms with E-state index in [2.05, 4.69) is 31.9 Å². The molecule has 1 aromatic rings. The van der Waals surface area contributed by atoms with E-state index in [9.17, 15) is 9.18 Å². The minimum Gasteiger partial charge on any atom is -0.336 e. The van der Waals surface area contributed by atoms with Gasteiger partial charge in [0.15, 0.2) is 0 Å². The molecule has 1 aliphatic rings. The van der Waals surface area contributed by atoms with Crippen LogP contribution in [0.2, 0.25) is 0 Å². The van der Waals surface area contributed by atoms with E-state index in [0.29, 0.717) is 16.1 Å². The van der Waals surface area contributed by atoms with Crippen molar-refractivity contribution in [2.75, 3.05) is 11.9 Å². The van der Waals surface area contributed by atoms with Gasteiger partial charge in [0.2, 0.25) is 0 Å². The predicted octanol–water partition coefficient (Wildman–Crippen LogP) is 4.37. The van der Waals surface area contributed by atoms with Crippen LogP contribution in [-0.4, -0.2) is 28.7 Å². The Hall–Kier alpha value is -0.420. The average Bonchev–Trinajstić information content (AvgIpc) is 2.87. The highest BCUT2D eigenvalue weighted by molar-refractivity contribution is 9.10. The highest BCUT2D eigenvalue weighted by Gasteiger charge is 2.29. The summed E-state index contributed by atoms with van der Waals surface area (Å²) in [6, 6.07) is 4.88. The molecule has 5 heteroatoms. The first-order chi connectivity index (χ1) is 9.13. The molecule has 0 saturated carbocycles. The van der Waals surface area contributed by atoms with E-state index in [1.54, 1.807) is 12.1 Å². The van der Waals surface area contributed by atoms with Crippen LogP contribution in [0.1, 0.15) is 36.0 Å². The van der Waals surface area contributed by atoms with Gasteiger partial charge in [-0.1, -0.05) is 15.9 Å². The third-order valence-electron chi connectivity index (χ3n) is 3.48. The molecule has 1 saturated heterocycles. The van der Waals surface area contributed by atoms with Gasteiger partial charge in [-0.05, 0) is 59.8 Å². The van der Waals surface area contributed by atoms with Crippen molar-refractivity contribution in [3.63, 3.8) is 0 Å². The first-order valence-electron chi connectivity index (χ1n) is 6.45. The summed E-state index contributed by atoms with van der Waals surface area (Å²) in [5, 5.41) is 0.957. The Morgan fingerprint density at radius 2 is 2.26 bits per heavy atom. The van der Waals surface area contributed by atoms with Gasteiger partial charge in [-0.25, -0.2) is 4.39 Å². The van der Waals surface area contributed by atoms with Gasteiger partial charge in [0.05, 0.1) is 4.47 Å². The fourth-order valence-corrected chi connectivity index (χ4v) is 3.08. The standard InChI is InChI=1S/C14H16Br2FNO/c15-7-1-3-11-4-2-8-18(11)14(19)10-5-6-12(16)13(17)9-10/h5-6,9,11H,1-4,7-8H2. The van der Waals surface area contributed by atoms with Crippen molar-refractivity contribution in [2.45, 2.75) is 31.7 Å². The summed E-state index contributed by atoms with van der Waals surface area (Å²) in [5.41, 5.74) is 0.437. The van der Waals surface area contributed by atoms with Crippen molar-refractivity contribution in [2.24, 2.45) is 0 Å². The largest absolute Gasteiger partial charge is 0.336 e. The van der Waals surface area contributed by atoms with Gasteiger partial charge in [0.1, 0.15) is 5.82 Å². The number of alkyl halides is 1. The Balaban J connectivity index is 2.11. The van der Waals surface area contributed by atoms with E-state index >= 15 is 0 Å². The lowest BCUT2D eigenvalue weighted by Gasteiger charge is -2.24. The number of amides is 1. The second kappa shape index (κ2) is 6.84. The minimum atomic E-state index is -0.387. The lowest BCUT2D eigenvalue weighted by atomic mass is 10.1. The van der Waals surface area contributed by atoms with E-state index in [1.165, 1.54) is 6.07 Å². The highest BCUT2D eigenvalue weighted by atomic mass is 79.9.